The molecule has 1 aromatic carbocycles. The summed E-state index contributed by atoms with van der Waals surface area (Å²) in [5.74, 6) is -4.54. The van der Waals surface area contributed by atoms with Crippen LogP contribution in [0.5, 0.6) is 0 Å². The van der Waals surface area contributed by atoms with Gasteiger partial charge in [-0.1, -0.05) is 12.1 Å². The van der Waals surface area contributed by atoms with Crippen LogP contribution in [0, 0.1) is 5.82 Å². The molecule has 1 aromatic rings. The Labute approximate surface area is 203 Å². The number of halogens is 3. The molecule has 4 atom stereocenters. The number of carbonyl (C=O) groups is 3. The summed E-state index contributed by atoms with van der Waals surface area (Å²) in [5, 5.41) is 8.30. The van der Waals surface area contributed by atoms with Gasteiger partial charge in [0.05, 0.1) is 12.6 Å². The van der Waals surface area contributed by atoms with Gasteiger partial charge in [-0.3, -0.25) is 19.3 Å². The molecule has 0 saturated carbocycles. The van der Waals surface area contributed by atoms with E-state index in [1.54, 1.807) is 26.1 Å². The van der Waals surface area contributed by atoms with E-state index < -0.39 is 42.4 Å². The number of alkyl halides is 2. The molecule has 0 aliphatic carbocycles. The maximum Gasteiger partial charge on any atom is 0.257 e. The summed E-state index contributed by atoms with van der Waals surface area (Å²) in [5.41, 5.74) is 0.718. The molecule has 11 heteroatoms. The zero-order chi connectivity index (χ0) is 25.8. The van der Waals surface area contributed by atoms with Crippen molar-refractivity contribution in [3.63, 3.8) is 0 Å². The van der Waals surface area contributed by atoms with E-state index in [1.165, 1.54) is 21.9 Å². The standard InChI is InChI=1S/C24H34F3N5O3/c1-15(28-3)21(33)30-19-13-31(14-24(2,26)27)11-10-18-8-9-20(32(18)23(19)35)22(34)29-12-16-4-6-17(25)7-5-16/h4-7,15,18-20,28H,8-14H2,1-3H3,(H,29,34)(H,30,33)/t15-,18+,19-,20-/m0/s1. The molecule has 2 fully saturated rings. The molecule has 3 amide bonds. The first-order chi connectivity index (χ1) is 16.5. The molecule has 2 heterocycles. The van der Waals surface area contributed by atoms with Gasteiger partial charge >= 0.3 is 0 Å². The molecule has 0 radical (unpaired) electrons. The minimum Gasteiger partial charge on any atom is -0.350 e. The van der Waals surface area contributed by atoms with Gasteiger partial charge in [-0.15, -0.1) is 0 Å². The van der Waals surface area contributed by atoms with E-state index in [0.29, 0.717) is 25.8 Å². The zero-order valence-electron chi connectivity index (χ0n) is 20.3. The van der Waals surface area contributed by atoms with Crippen molar-refractivity contribution in [2.75, 3.05) is 26.7 Å². The highest BCUT2D eigenvalue weighted by molar-refractivity contribution is 5.94. The van der Waals surface area contributed by atoms with Gasteiger partial charge in [0.15, 0.2) is 0 Å². The average molecular weight is 498 g/mol. The minimum atomic E-state index is -2.95. The van der Waals surface area contributed by atoms with Gasteiger partial charge in [0.25, 0.3) is 5.92 Å². The third-order valence-corrected chi connectivity index (χ3v) is 6.60. The SMILES string of the molecule is CN[C@@H](C)C(=O)N[C@H]1CN(CC(C)(F)F)CC[C@H]2CC[C@@H](C(=O)NCc3ccc(F)cc3)N2C1=O. The van der Waals surface area contributed by atoms with Crippen molar-refractivity contribution in [2.45, 2.75) is 69.7 Å². The second-order valence-corrected chi connectivity index (χ2v) is 9.50. The van der Waals surface area contributed by atoms with E-state index in [1.807, 2.05) is 0 Å². The highest BCUT2D eigenvalue weighted by atomic mass is 19.3. The molecule has 3 rings (SSSR count). The van der Waals surface area contributed by atoms with E-state index in [4.69, 9.17) is 0 Å². The van der Waals surface area contributed by atoms with E-state index in [-0.39, 0.29) is 30.9 Å². The Hall–Kier alpha value is -2.66. The van der Waals surface area contributed by atoms with Crippen LogP contribution in [0.2, 0.25) is 0 Å². The lowest BCUT2D eigenvalue weighted by Gasteiger charge is -2.39. The predicted molar refractivity (Wildman–Crippen MR) is 124 cm³/mol. The fraction of sp³-hybridized carbons (Fsp3) is 0.625. The Kier molecular flexibility index (Phi) is 8.76. The van der Waals surface area contributed by atoms with Crippen LogP contribution in [-0.4, -0.2) is 84.3 Å². The van der Waals surface area contributed by atoms with Crippen molar-refractivity contribution in [3.05, 3.63) is 35.6 Å². The Morgan fingerprint density at radius 3 is 2.49 bits per heavy atom. The second kappa shape index (κ2) is 11.4. The summed E-state index contributed by atoms with van der Waals surface area (Å²) in [6.07, 6.45) is 1.45. The third-order valence-electron chi connectivity index (χ3n) is 6.60. The van der Waals surface area contributed by atoms with E-state index >= 15 is 0 Å². The quantitative estimate of drug-likeness (QED) is 0.503. The second-order valence-electron chi connectivity index (χ2n) is 9.50. The molecule has 8 nitrogen and oxygen atoms in total. The van der Waals surface area contributed by atoms with Crippen LogP contribution >= 0.6 is 0 Å². The highest BCUT2D eigenvalue weighted by Gasteiger charge is 2.45. The van der Waals surface area contributed by atoms with Gasteiger partial charge < -0.3 is 20.9 Å². The predicted octanol–water partition coefficient (Wildman–Crippen LogP) is 1.26. The molecule has 2 aliphatic heterocycles. The molecule has 0 unspecified atom stereocenters. The van der Waals surface area contributed by atoms with Gasteiger partial charge in [0.1, 0.15) is 17.9 Å². The summed E-state index contributed by atoms with van der Waals surface area (Å²) in [6.45, 7) is 2.36. The summed E-state index contributed by atoms with van der Waals surface area (Å²) in [7, 11) is 1.60. The summed E-state index contributed by atoms with van der Waals surface area (Å²) in [6, 6.07) is 3.08. The normalized spacial score (nSPS) is 24.3. The van der Waals surface area contributed by atoms with Crippen LogP contribution < -0.4 is 16.0 Å². The fourth-order valence-electron chi connectivity index (χ4n) is 4.68. The zero-order valence-corrected chi connectivity index (χ0v) is 20.3. The molecular formula is C24H34F3N5O3. The number of hydrogen-bond donors (Lipinski definition) is 3. The molecular weight excluding hydrogens is 463 g/mol. The first-order valence-corrected chi connectivity index (χ1v) is 11.9. The molecule has 0 bridgehead atoms. The average Bonchev–Trinajstić information content (AvgIpc) is 3.22. The number of rotatable bonds is 8. The molecule has 2 aliphatic rings. The monoisotopic (exact) mass is 497 g/mol. The summed E-state index contributed by atoms with van der Waals surface area (Å²) < 4.78 is 40.7. The van der Waals surface area contributed by atoms with Crippen molar-refractivity contribution in [1.82, 2.24) is 25.8 Å². The Balaban J connectivity index is 1.77. The molecule has 0 spiro atoms. The molecule has 194 valence electrons. The third kappa shape index (κ3) is 7.17. The Morgan fingerprint density at radius 2 is 1.86 bits per heavy atom. The summed E-state index contributed by atoms with van der Waals surface area (Å²) in [4.78, 5) is 42.2. The van der Waals surface area contributed by atoms with Crippen LogP contribution in [0.15, 0.2) is 24.3 Å². The molecule has 2 saturated heterocycles. The van der Waals surface area contributed by atoms with Crippen molar-refractivity contribution in [2.24, 2.45) is 0 Å². The van der Waals surface area contributed by atoms with Crippen LogP contribution in [0.1, 0.15) is 38.7 Å². The van der Waals surface area contributed by atoms with Gasteiger partial charge in [-0.2, -0.15) is 0 Å². The van der Waals surface area contributed by atoms with Crippen molar-refractivity contribution < 1.29 is 27.6 Å². The Bertz CT molecular complexity index is 909. The van der Waals surface area contributed by atoms with Gasteiger partial charge in [-0.25, -0.2) is 13.2 Å². The van der Waals surface area contributed by atoms with Crippen molar-refractivity contribution >= 4 is 17.7 Å². The largest absolute Gasteiger partial charge is 0.350 e. The topological polar surface area (TPSA) is 93.8 Å². The smallest absolute Gasteiger partial charge is 0.257 e. The minimum absolute atomic E-state index is 0.0718. The van der Waals surface area contributed by atoms with Crippen LogP contribution in [0.25, 0.3) is 0 Å². The lowest BCUT2D eigenvalue weighted by molar-refractivity contribution is -0.145. The number of likely N-dealkylation sites (N-methyl/N-ethyl adjacent to an activating group) is 1. The molecule has 0 aromatic heterocycles. The van der Waals surface area contributed by atoms with E-state index in [2.05, 4.69) is 16.0 Å². The van der Waals surface area contributed by atoms with Crippen molar-refractivity contribution in [1.29, 1.82) is 0 Å². The number of carbonyl (C=O) groups excluding carboxylic acids is 3. The van der Waals surface area contributed by atoms with Crippen LogP contribution in [0.3, 0.4) is 0 Å². The van der Waals surface area contributed by atoms with Gasteiger partial charge in [-0.05, 0) is 50.9 Å². The highest BCUT2D eigenvalue weighted by Crippen LogP contribution is 2.30. The summed E-state index contributed by atoms with van der Waals surface area (Å²) >= 11 is 0. The number of nitrogens with one attached hydrogen (secondary N) is 3. The van der Waals surface area contributed by atoms with Gasteiger partial charge in [0.2, 0.25) is 17.7 Å². The maximum atomic E-state index is 13.8. The number of benzene rings is 1. The number of amides is 3. The lowest BCUT2D eigenvalue weighted by Crippen LogP contribution is -2.62. The van der Waals surface area contributed by atoms with Crippen LogP contribution in [-0.2, 0) is 20.9 Å². The first-order valence-electron chi connectivity index (χ1n) is 11.9. The van der Waals surface area contributed by atoms with E-state index in [9.17, 15) is 27.6 Å². The molecule has 3 N–H and O–H groups in total. The first kappa shape index (κ1) is 26.9. The number of hydrogen-bond acceptors (Lipinski definition) is 5. The van der Waals surface area contributed by atoms with Crippen molar-refractivity contribution in [3.8, 4) is 0 Å². The van der Waals surface area contributed by atoms with Crippen LogP contribution in [0.4, 0.5) is 13.2 Å². The number of nitrogens with zero attached hydrogens (tertiary/aromatic N) is 2. The van der Waals surface area contributed by atoms with Gasteiger partial charge in [0, 0.05) is 32.6 Å². The lowest BCUT2D eigenvalue weighted by atomic mass is 10.1. The Morgan fingerprint density at radius 1 is 1.17 bits per heavy atom. The fourth-order valence-corrected chi connectivity index (χ4v) is 4.68. The van der Waals surface area contributed by atoms with E-state index in [0.717, 1.165) is 12.5 Å². The molecule has 35 heavy (non-hydrogen) atoms. The maximum absolute atomic E-state index is 13.8. The number of fused-ring (bicyclic) bond motifs is 1.